The molecular formula is C23H21F3N2O5S. The average Bonchev–Trinajstić information content (AvgIpc) is 2.79. The maximum Gasteiger partial charge on any atom is 0.411 e. The van der Waals surface area contributed by atoms with Crippen LogP contribution in [-0.4, -0.2) is 34.2 Å². The van der Waals surface area contributed by atoms with E-state index in [4.69, 9.17) is 4.74 Å². The lowest BCUT2D eigenvalue weighted by atomic mass is 10.1. The number of alkyl halides is 3. The summed E-state index contributed by atoms with van der Waals surface area (Å²) in [4.78, 5) is 12.5. The first kappa shape index (κ1) is 25.1. The summed E-state index contributed by atoms with van der Waals surface area (Å²) in [6.07, 6.45) is -4.41. The smallest absolute Gasteiger partial charge is 0.411 e. The van der Waals surface area contributed by atoms with Gasteiger partial charge in [0, 0.05) is 16.9 Å². The lowest BCUT2D eigenvalue weighted by Crippen LogP contribution is -2.17. The van der Waals surface area contributed by atoms with E-state index in [-0.39, 0.29) is 22.8 Å². The number of hydrogen-bond donors (Lipinski definition) is 2. The maximum absolute atomic E-state index is 12.7. The van der Waals surface area contributed by atoms with Crippen molar-refractivity contribution in [2.45, 2.75) is 17.7 Å². The molecule has 0 aliphatic rings. The fraction of sp³-hybridized carbons (Fsp3) is 0.174. The van der Waals surface area contributed by atoms with Crippen LogP contribution in [0.5, 0.6) is 5.75 Å². The zero-order valence-electron chi connectivity index (χ0n) is 17.9. The Kier molecular flexibility index (Phi) is 7.79. The van der Waals surface area contributed by atoms with Crippen LogP contribution in [0, 0.1) is 0 Å². The van der Waals surface area contributed by atoms with Crippen molar-refractivity contribution in [3.05, 3.63) is 83.9 Å². The van der Waals surface area contributed by atoms with Crippen LogP contribution < -0.4 is 14.8 Å². The number of hydrogen-bond acceptors (Lipinski definition) is 5. The lowest BCUT2D eigenvalue weighted by Gasteiger charge is -2.11. The third kappa shape index (κ3) is 7.22. The Morgan fingerprint density at radius 1 is 0.941 bits per heavy atom. The number of methoxy groups -OCH3 is 1. The van der Waals surface area contributed by atoms with Gasteiger partial charge in [-0.2, -0.15) is 13.2 Å². The van der Waals surface area contributed by atoms with Crippen LogP contribution in [0.15, 0.2) is 77.7 Å². The van der Waals surface area contributed by atoms with Crippen molar-refractivity contribution in [3.8, 4) is 5.75 Å². The van der Waals surface area contributed by atoms with E-state index in [1.807, 2.05) is 0 Å². The maximum atomic E-state index is 12.7. The number of carbonyl (C=O) groups excluding carboxylic acids is 1. The molecule has 0 fully saturated rings. The molecule has 7 nitrogen and oxygen atoms in total. The molecule has 0 unspecified atom stereocenters. The molecule has 0 bridgehead atoms. The van der Waals surface area contributed by atoms with E-state index in [9.17, 15) is 26.4 Å². The van der Waals surface area contributed by atoms with Crippen LogP contribution in [0.4, 0.5) is 24.5 Å². The van der Waals surface area contributed by atoms with Crippen LogP contribution >= 0.6 is 0 Å². The lowest BCUT2D eigenvalue weighted by molar-refractivity contribution is -0.176. The molecule has 0 saturated carbocycles. The molecule has 11 heteroatoms. The second kappa shape index (κ2) is 10.6. The molecule has 180 valence electrons. The molecule has 34 heavy (non-hydrogen) atoms. The Morgan fingerprint density at radius 3 is 2.24 bits per heavy atom. The molecule has 2 N–H and O–H groups in total. The summed E-state index contributed by atoms with van der Waals surface area (Å²) in [6, 6.07) is 17.9. The average molecular weight is 494 g/mol. The van der Waals surface area contributed by atoms with E-state index in [1.165, 1.54) is 55.6 Å². The standard InChI is InChI=1S/C23H21F3N2O5S/c1-32-20-11-9-18(10-12-20)28-34(30,31)21-4-2-3-19(13-21)27-22(29)17-7-5-16(6-8-17)14-33-15-23(24,25)26/h2-13,28H,14-15H2,1H3,(H,27,29). The van der Waals surface area contributed by atoms with Crippen molar-refractivity contribution >= 4 is 27.3 Å². The molecule has 0 saturated heterocycles. The van der Waals surface area contributed by atoms with E-state index in [0.717, 1.165) is 0 Å². The van der Waals surface area contributed by atoms with Gasteiger partial charge in [0.25, 0.3) is 15.9 Å². The molecule has 0 radical (unpaired) electrons. The highest BCUT2D eigenvalue weighted by atomic mass is 32.2. The Balaban J connectivity index is 1.64. The number of nitrogens with one attached hydrogen (secondary N) is 2. The van der Waals surface area contributed by atoms with Gasteiger partial charge < -0.3 is 14.8 Å². The molecule has 0 aliphatic carbocycles. The van der Waals surface area contributed by atoms with Gasteiger partial charge >= 0.3 is 6.18 Å². The summed E-state index contributed by atoms with van der Waals surface area (Å²) in [6.45, 7) is -1.61. The molecule has 3 aromatic carbocycles. The summed E-state index contributed by atoms with van der Waals surface area (Å²) in [5, 5.41) is 2.60. The third-order valence-electron chi connectivity index (χ3n) is 4.50. The van der Waals surface area contributed by atoms with E-state index < -0.39 is 28.7 Å². The van der Waals surface area contributed by atoms with E-state index in [2.05, 4.69) is 14.8 Å². The van der Waals surface area contributed by atoms with Crippen LogP contribution in [-0.2, 0) is 21.4 Å². The Hall–Kier alpha value is -3.57. The molecule has 0 atom stereocenters. The second-order valence-corrected chi connectivity index (χ2v) is 8.80. The van der Waals surface area contributed by atoms with Crippen molar-refractivity contribution in [1.29, 1.82) is 0 Å². The molecule has 0 aliphatic heterocycles. The second-order valence-electron chi connectivity index (χ2n) is 7.12. The predicted molar refractivity (Wildman–Crippen MR) is 120 cm³/mol. The number of halogens is 3. The van der Waals surface area contributed by atoms with Crippen LogP contribution in [0.3, 0.4) is 0 Å². The Bertz CT molecular complexity index is 1230. The van der Waals surface area contributed by atoms with Gasteiger partial charge in [0.05, 0.1) is 18.6 Å². The number of anilines is 2. The number of ether oxygens (including phenoxy) is 2. The zero-order chi connectivity index (χ0) is 24.8. The van der Waals surface area contributed by atoms with Gasteiger partial charge in [-0.1, -0.05) is 18.2 Å². The molecule has 0 spiro atoms. The predicted octanol–water partition coefficient (Wildman–Crippen LogP) is 4.83. The largest absolute Gasteiger partial charge is 0.497 e. The minimum absolute atomic E-state index is 0.0571. The normalized spacial score (nSPS) is 11.6. The van der Waals surface area contributed by atoms with Crippen molar-refractivity contribution in [2.24, 2.45) is 0 Å². The van der Waals surface area contributed by atoms with Gasteiger partial charge in [-0.25, -0.2) is 8.42 Å². The number of rotatable bonds is 9. The van der Waals surface area contributed by atoms with Crippen molar-refractivity contribution in [3.63, 3.8) is 0 Å². The fourth-order valence-corrected chi connectivity index (χ4v) is 3.96. The summed E-state index contributed by atoms with van der Waals surface area (Å²) in [5.41, 5.74) is 1.30. The molecule has 0 aromatic heterocycles. The quantitative estimate of drug-likeness (QED) is 0.445. The van der Waals surface area contributed by atoms with Crippen molar-refractivity contribution in [1.82, 2.24) is 0 Å². The van der Waals surface area contributed by atoms with Crippen molar-refractivity contribution in [2.75, 3.05) is 23.8 Å². The van der Waals surface area contributed by atoms with E-state index >= 15 is 0 Å². The number of sulfonamides is 1. The Labute approximate surface area is 194 Å². The highest BCUT2D eigenvalue weighted by Crippen LogP contribution is 2.22. The molecule has 3 rings (SSSR count). The number of amides is 1. The highest BCUT2D eigenvalue weighted by molar-refractivity contribution is 7.92. The zero-order valence-corrected chi connectivity index (χ0v) is 18.7. The fourth-order valence-electron chi connectivity index (χ4n) is 2.85. The van der Waals surface area contributed by atoms with E-state index in [1.54, 1.807) is 24.3 Å². The summed E-state index contributed by atoms with van der Waals surface area (Å²) < 4.78 is 74.0. The molecular weight excluding hydrogens is 473 g/mol. The first-order valence-electron chi connectivity index (χ1n) is 9.87. The molecule has 1 amide bonds. The van der Waals surface area contributed by atoms with Crippen LogP contribution in [0.2, 0.25) is 0 Å². The monoisotopic (exact) mass is 494 g/mol. The summed E-state index contributed by atoms with van der Waals surface area (Å²) >= 11 is 0. The van der Waals surface area contributed by atoms with Gasteiger partial charge in [-0.05, 0) is 60.2 Å². The first-order valence-corrected chi connectivity index (χ1v) is 11.4. The topological polar surface area (TPSA) is 93.7 Å². The summed E-state index contributed by atoms with van der Waals surface area (Å²) in [7, 11) is -2.42. The van der Waals surface area contributed by atoms with Crippen LogP contribution in [0.1, 0.15) is 15.9 Å². The molecule has 0 heterocycles. The van der Waals surface area contributed by atoms with Crippen LogP contribution in [0.25, 0.3) is 0 Å². The highest BCUT2D eigenvalue weighted by Gasteiger charge is 2.27. The SMILES string of the molecule is COc1ccc(NS(=O)(=O)c2cccc(NC(=O)c3ccc(COCC(F)(F)F)cc3)c2)cc1. The van der Waals surface area contributed by atoms with Gasteiger partial charge in [0.15, 0.2) is 0 Å². The van der Waals surface area contributed by atoms with Gasteiger partial charge in [-0.15, -0.1) is 0 Å². The van der Waals surface area contributed by atoms with E-state index in [0.29, 0.717) is 17.0 Å². The van der Waals surface area contributed by atoms with Gasteiger partial charge in [0.1, 0.15) is 12.4 Å². The van der Waals surface area contributed by atoms with Gasteiger partial charge in [-0.3, -0.25) is 9.52 Å². The van der Waals surface area contributed by atoms with Crippen molar-refractivity contribution < 1.29 is 35.9 Å². The minimum Gasteiger partial charge on any atom is -0.497 e. The third-order valence-corrected chi connectivity index (χ3v) is 5.87. The van der Waals surface area contributed by atoms with Gasteiger partial charge in [0.2, 0.25) is 0 Å². The Morgan fingerprint density at radius 2 is 1.62 bits per heavy atom. The number of carbonyl (C=O) groups is 1. The summed E-state index contributed by atoms with van der Waals surface area (Å²) in [5.74, 6) is 0.0648. The minimum atomic E-state index is -4.41. The first-order chi connectivity index (χ1) is 16.1. The molecule has 3 aromatic rings. The number of benzene rings is 3.